The van der Waals surface area contributed by atoms with Crippen molar-refractivity contribution < 1.29 is 33.0 Å². The molecule has 0 aliphatic carbocycles. The highest BCUT2D eigenvalue weighted by Crippen LogP contribution is 2.30. The molecule has 0 radical (unpaired) electrons. The van der Waals surface area contributed by atoms with Gasteiger partial charge in [0.2, 0.25) is 0 Å². The summed E-state index contributed by atoms with van der Waals surface area (Å²) >= 11 is 0. The molecule has 0 unspecified atom stereocenters. The van der Waals surface area contributed by atoms with E-state index in [4.69, 9.17) is 9.47 Å². The van der Waals surface area contributed by atoms with Gasteiger partial charge in [-0.25, -0.2) is 13.8 Å². The van der Waals surface area contributed by atoms with Gasteiger partial charge in [0.05, 0.1) is 25.3 Å². The lowest BCUT2D eigenvalue weighted by Crippen LogP contribution is -2.33. The molecule has 0 saturated carbocycles. The number of benzene rings is 2. The number of hydrogen-bond acceptors (Lipinski definition) is 6. The van der Waals surface area contributed by atoms with E-state index in [1.165, 1.54) is 6.07 Å². The van der Waals surface area contributed by atoms with Crippen molar-refractivity contribution in [2.45, 2.75) is 64.3 Å². The number of aliphatic hydroxyl groups is 1. The van der Waals surface area contributed by atoms with E-state index >= 15 is 0 Å². The van der Waals surface area contributed by atoms with Gasteiger partial charge in [0.25, 0.3) is 5.91 Å². The molecule has 2 N–H and O–H groups in total. The molecule has 1 saturated heterocycles. The second-order valence-corrected chi connectivity index (χ2v) is 9.63. The lowest BCUT2D eigenvalue weighted by Gasteiger charge is -2.26. The van der Waals surface area contributed by atoms with Gasteiger partial charge in [-0.1, -0.05) is 26.0 Å². The fraction of sp³-hybridized carbons (Fsp3) is 0.393. The first kappa shape index (κ1) is 27.3. The SMILES string of the molecule is COc1ccc(CNC(=O)c2nc(-c3ccc(F)c(F)c3)n(CC[C@@H]3C[C@@H](O)CC(=O)O3)c2C(C)C)cc1. The second kappa shape index (κ2) is 11.7. The van der Waals surface area contributed by atoms with Crippen LogP contribution in [0.5, 0.6) is 5.75 Å². The van der Waals surface area contributed by atoms with E-state index in [0.717, 1.165) is 17.7 Å². The van der Waals surface area contributed by atoms with Crippen molar-refractivity contribution in [1.82, 2.24) is 14.9 Å². The fourth-order valence-electron chi connectivity index (χ4n) is 4.62. The van der Waals surface area contributed by atoms with Crippen molar-refractivity contribution in [3.8, 4) is 17.1 Å². The Kier molecular flexibility index (Phi) is 8.41. The van der Waals surface area contributed by atoms with E-state index in [1.807, 2.05) is 26.0 Å². The number of cyclic esters (lactones) is 1. The molecule has 1 aromatic heterocycles. The first-order valence-electron chi connectivity index (χ1n) is 12.5. The maximum atomic E-state index is 14.2. The molecule has 0 spiro atoms. The Morgan fingerprint density at radius 2 is 1.95 bits per heavy atom. The van der Waals surface area contributed by atoms with Crippen LogP contribution in [0.25, 0.3) is 11.4 Å². The Morgan fingerprint density at radius 1 is 1.21 bits per heavy atom. The Morgan fingerprint density at radius 3 is 2.58 bits per heavy atom. The Labute approximate surface area is 219 Å². The van der Waals surface area contributed by atoms with Crippen LogP contribution in [-0.2, 0) is 22.6 Å². The van der Waals surface area contributed by atoms with Gasteiger partial charge in [-0.05, 0) is 41.8 Å². The monoisotopic (exact) mass is 527 g/mol. The molecule has 2 heterocycles. The van der Waals surface area contributed by atoms with Gasteiger partial charge in [0, 0.05) is 31.5 Å². The number of imidazole rings is 1. The molecule has 8 nitrogen and oxygen atoms in total. The van der Waals surface area contributed by atoms with Gasteiger partial charge < -0.3 is 24.5 Å². The highest BCUT2D eigenvalue weighted by Gasteiger charge is 2.29. The summed E-state index contributed by atoms with van der Waals surface area (Å²) in [4.78, 5) is 29.7. The number of halogens is 2. The largest absolute Gasteiger partial charge is 0.497 e. The van der Waals surface area contributed by atoms with Crippen LogP contribution in [0.4, 0.5) is 8.78 Å². The lowest BCUT2D eigenvalue weighted by atomic mass is 10.0. The topological polar surface area (TPSA) is 103 Å². The summed E-state index contributed by atoms with van der Waals surface area (Å²) in [6.45, 7) is 4.36. The van der Waals surface area contributed by atoms with Gasteiger partial charge in [-0.2, -0.15) is 0 Å². The highest BCUT2D eigenvalue weighted by molar-refractivity contribution is 5.94. The molecule has 38 heavy (non-hydrogen) atoms. The number of rotatable bonds is 9. The zero-order chi connectivity index (χ0) is 27.4. The molecule has 202 valence electrons. The second-order valence-electron chi connectivity index (χ2n) is 9.63. The number of nitrogens with zero attached hydrogens (tertiary/aromatic N) is 2. The number of ether oxygens (including phenoxy) is 2. The van der Waals surface area contributed by atoms with Gasteiger partial charge in [-0.3, -0.25) is 9.59 Å². The molecular weight excluding hydrogens is 496 g/mol. The minimum absolute atomic E-state index is 0.0442. The van der Waals surface area contributed by atoms with Crippen LogP contribution in [0, 0.1) is 11.6 Å². The lowest BCUT2D eigenvalue weighted by molar-refractivity contribution is -0.160. The Balaban J connectivity index is 1.66. The van der Waals surface area contributed by atoms with Crippen LogP contribution >= 0.6 is 0 Å². The van der Waals surface area contributed by atoms with Gasteiger partial charge in [0.1, 0.15) is 23.4 Å². The number of carbonyl (C=O) groups is 2. The maximum absolute atomic E-state index is 14.2. The number of hydrogen-bond donors (Lipinski definition) is 2. The molecular formula is C28H31F2N3O5. The van der Waals surface area contributed by atoms with E-state index in [1.54, 1.807) is 23.8 Å². The summed E-state index contributed by atoms with van der Waals surface area (Å²) in [6, 6.07) is 10.7. The summed E-state index contributed by atoms with van der Waals surface area (Å²) < 4.78 is 40.2. The van der Waals surface area contributed by atoms with E-state index in [2.05, 4.69) is 10.3 Å². The normalized spacial score (nSPS) is 17.4. The smallest absolute Gasteiger partial charge is 0.308 e. The average Bonchev–Trinajstić information content (AvgIpc) is 3.27. The molecule has 1 aliphatic heterocycles. The zero-order valence-corrected chi connectivity index (χ0v) is 21.5. The van der Waals surface area contributed by atoms with Gasteiger partial charge in [-0.15, -0.1) is 0 Å². The Hall–Kier alpha value is -3.79. The number of amides is 1. The predicted molar refractivity (Wildman–Crippen MR) is 136 cm³/mol. The molecule has 1 amide bonds. The van der Waals surface area contributed by atoms with Crippen LogP contribution in [0.15, 0.2) is 42.5 Å². The maximum Gasteiger partial charge on any atom is 0.308 e. The highest BCUT2D eigenvalue weighted by atomic mass is 19.2. The van der Waals surface area contributed by atoms with Crippen molar-refractivity contribution in [2.24, 2.45) is 0 Å². The van der Waals surface area contributed by atoms with Crippen molar-refractivity contribution in [1.29, 1.82) is 0 Å². The van der Waals surface area contributed by atoms with Crippen LogP contribution in [0.3, 0.4) is 0 Å². The number of aliphatic hydroxyl groups excluding tert-OH is 1. The molecule has 2 aromatic carbocycles. The predicted octanol–water partition coefficient (Wildman–Crippen LogP) is 4.35. The Bertz CT molecular complexity index is 1310. The van der Waals surface area contributed by atoms with Gasteiger partial charge in [0.15, 0.2) is 11.6 Å². The number of methoxy groups -OCH3 is 1. The minimum atomic E-state index is -1.03. The third-order valence-electron chi connectivity index (χ3n) is 6.47. The van der Waals surface area contributed by atoms with Crippen molar-refractivity contribution in [3.05, 3.63) is 71.1 Å². The number of aromatic nitrogens is 2. The summed E-state index contributed by atoms with van der Waals surface area (Å²) in [5.41, 5.74) is 1.96. The molecule has 10 heteroatoms. The summed E-state index contributed by atoms with van der Waals surface area (Å²) in [6.07, 6.45) is -0.690. The third kappa shape index (κ3) is 6.19. The van der Waals surface area contributed by atoms with E-state index in [-0.39, 0.29) is 31.1 Å². The third-order valence-corrected chi connectivity index (χ3v) is 6.47. The fourth-order valence-corrected chi connectivity index (χ4v) is 4.62. The van der Waals surface area contributed by atoms with E-state index < -0.39 is 35.7 Å². The van der Waals surface area contributed by atoms with E-state index in [0.29, 0.717) is 35.7 Å². The molecule has 0 bridgehead atoms. The first-order valence-corrected chi connectivity index (χ1v) is 12.5. The number of carbonyl (C=O) groups excluding carboxylic acids is 2. The van der Waals surface area contributed by atoms with Crippen molar-refractivity contribution in [2.75, 3.05) is 7.11 Å². The van der Waals surface area contributed by atoms with Crippen molar-refractivity contribution in [3.63, 3.8) is 0 Å². The van der Waals surface area contributed by atoms with Crippen LogP contribution < -0.4 is 10.1 Å². The van der Waals surface area contributed by atoms with Gasteiger partial charge >= 0.3 is 5.97 Å². The van der Waals surface area contributed by atoms with Crippen LogP contribution in [0.1, 0.15) is 60.8 Å². The number of esters is 1. The number of nitrogens with one attached hydrogen (secondary N) is 1. The summed E-state index contributed by atoms with van der Waals surface area (Å²) in [5, 5.41) is 12.9. The van der Waals surface area contributed by atoms with Crippen LogP contribution in [-0.4, -0.2) is 45.9 Å². The quantitative estimate of drug-likeness (QED) is 0.401. The zero-order valence-electron chi connectivity index (χ0n) is 21.5. The van der Waals surface area contributed by atoms with Crippen LogP contribution in [0.2, 0.25) is 0 Å². The molecule has 2 atom stereocenters. The molecule has 3 aromatic rings. The van der Waals surface area contributed by atoms with Crippen molar-refractivity contribution >= 4 is 11.9 Å². The molecule has 1 aliphatic rings. The summed E-state index contributed by atoms with van der Waals surface area (Å²) in [5.74, 6) is -2.05. The summed E-state index contributed by atoms with van der Waals surface area (Å²) in [7, 11) is 1.57. The first-order chi connectivity index (χ1) is 18.2. The standard InChI is InChI=1S/C28H31F2N3O5/c1-16(2)26-25(28(36)31-15-17-4-7-20(37-3)8-5-17)32-27(18-6-9-22(29)23(30)12-18)33(26)11-10-21-13-19(34)14-24(35)38-21/h4-9,12,16,19,21,34H,10-11,13-15H2,1-3H3,(H,31,36)/t19-,21-/m1/s1. The average molecular weight is 528 g/mol. The minimum Gasteiger partial charge on any atom is -0.497 e. The molecule has 1 fully saturated rings. The van der Waals surface area contributed by atoms with E-state index in [9.17, 15) is 23.5 Å². The molecule has 4 rings (SSSR count).